The second kappa shape index (κ2) is 7.00. The highest BCUT2D eigenvalue weighted by Crippen LogP contribution is 2.25. The Labute approximate surface area is 123 Å². The molecule has 0 saturated carbocycles. The summed E-state index contributed by atoms with van der Waals surface area (Å²) in [6, 6.07) is 9.40. The van der Waals surface area contributed by atoms with Crippen LogP contribution in [-0.4, -0.2) is 46.9 Å². The van der Waals surface area contributed by atoms with Crippen molar-refractivity contribution in [1.29, 1.82) is 0 Å². The van der Waals surface area contributed by atoms with E-state index in [4.69, 9.17) is 14.2 Å². The minimum Gasteiger partial charge on any atom is -0.454 e. The van der Waals surface area contributed by atoms with Gasteiger partial charge >= 0.3 is 5.97 Å². The van der Waals surface area contributed by atoms with Gasteiger partial charge in [-0.3, -0.25) is 4.79 Å². The zero-order valence-corrected chi connectivity index (χ0v) is 12.0. The fourth-order valence-corrected chi connectivity index (χ4v) is 2.28. The van der Waals surface area contributed by atoms with E-state index in [-0.39, 0.29) is 6.61 Å². The summed E-state index contributed by atoms with van der Waals surface area (Å²) in [5.41, 5.74) is 0.917. The Bertz CT molecular complexity index is 462. The monoisotopic (exact) mass is 296 g/mol. The van der Waals surface area contributed by atoms with Gasteiger partial charge in [0.25, 0.3) is 0 Å². The summed E-state index contributed by atoms with van der Waals surface area (Å²) in [6.07, 6.45) is -4.85. The van der Waals surface area contributed by atoms with Crippen molar-refractivity contribution in [2.75, 3.05) is 0 Å². The third-order valence-electron chi connectivity index (χ3n) is 3.36. The molecule has 1 aromatic rings. The number of ether oxygens (including phenoxy) is 3. The van der Waals surface area contributed by atoms with Crippen LogP contribution in [0.4, 0.5) is 0 Å². The first-order chi connectivity index (χ1) is 9.99. The number of benzene rings is 1. The first-order valence-corrected chi connectivity index (χ1v) is 6.83. The lowest BCUT2D eigenvalue weighted by molar-refractivity contribution is -0.291. The highest BCUT2D eigenvalue weighted by molar-refractivity contribution is 5.66. The largest absolute Gasteiger partial charge is 0.454 e. The third kappa shape index (κ3) is 4.01. The molecule has 0 amide bonds. The second-order valence-electron chi connectivity index (χ2n) is 5.06. The van der Waals surface area contributed by atoms with Gasteiger partial charge in [0.15, 0.2) is 12.4 Å². The van der Waals surface area contributed by atoms with E-state index < -0.39 is 36.7 Å². The standard InChI is InChI=1S/C15H20O6/c1-9-12(17)13(14(15(18)20-9)21-10(2)16)19-8-11-6-4-3-5-7-11/h3-7,9,12-15,17-18H,8H2,1-2H3/t9-,12-,13+,14+,15+/m0/s1. The molecule has 116 valence electrons. The Hall–Kier alpha value is -1.47. The lowest BCUT2D eigenvalue weighted by Gasteiger charge is -2.40. The number of carbonyl (C=O) groups is 1. The van der Waals surface area contributed by atoms with Gasteiger partial charge in [0.2, 0.25) is 0 Å². The van der Waals surface area contributed by atoms with Crippen molar-refractivity contribution in [1.82, 2.24) is 0 Å². The molecule has 2 rings (SSSR count). The molecule has 2 N–H and O–H groups in total. The van der Waals surface area contributed by atoms with Gasteiger partial charge in [-0.25, -0.2) is 0 Å². The molecule has 1 aliphatic rings. The predicted molar refractivity (Wildman–Crippen MR) is 73.1 cm³/mol. The van der Waals surface area contributed by atoms with Crippen molar-refractivity contribution in [3.63, 3.8) is 0 Å². The third-order valence-corrected chi connectivity index (χ3v) is 3.36. The molecular weight excluding hydrogens is 276 g/mol. The van der Waals surface area contributed by atoms with Crippen LogP contribution in [0, 0.1) is 0 Å². The lowest BCUT2D eigenvalue weighted by atomic mass is 9.99. The summed E-state index contributed by atoms with van der Waals surface area (Å²) in [5, 5.41) is 20.0. The summed E-state index contributed by atoms with van der Waals surface area (Å²) in [6.45, 7) is 3.09. The molecule has 0 aliphatic carbocycles. The van der Waals surface area contributed by atoms with Crippen LogP contribution < -0.4 is 0 Å². The van der Waals surface area contributed by atoms with Crippen molar-refractivity contribution in [3.8, 4) is 0 Å². The highest BCUT2D eigenvalue weighted by Gasteiger charge is 2.45. The number of rotatable bonds is 4. The van der Waals surface area contributed by atoms with Gasteiger partial charge in [-0.2, -0.15) is 0 Å². The van der Waals surface area contributed by atoms with Crippen molar-refractivity contribution in [3.05, 3.63) is 35.9 Å². The van der Waals surface area contributed by atoms with Crippen LogP contribution in [0.15, 0.2) is 30.3 Å². The predicted octanol–water partition coefficient (Wildman–Crippen LogP) is 0.601. The SMILES string of the molecule is CC(=O)O[C@@H]1[C@H](OCc2ccccc2)[C@@H](O)[C@H](C)O[C@H]1O. The van der Waals surface area contributed by atoms with Crippen molar-refractivity contribution in [2.24, 2.45) is 0 Å². The Kier molecular flexibility index (Phi) is 5.30. The summed E-state index contributed by atoms with van der Waals surface area (Å²) < 4.78 is 15.8. The smallest absolute Gasteiger partial charge is 0.303 e. The maximum atomic E-state index is 11.1. The summed E-state index contributed by atoms with van der Waals surface area (Å²) >= 11 is 0. The van der Waals surface area contributed by atoms with Gasteiger partial charge in [-0.1, -0.05) is 30.3 Å². The maximum absolute atomic E-state index is 11.1. The van der Waals surface area contributed by atoms with Gasteiger partial charge in [-0.15, -0.1) is 0 Å². The minimum absolute atomic E-state index is 0.236. The zero-order valence-electron chi connectivity index (χ0n) is 12.0. The number of esters is 1. The van der Waals surface area contributed by atoms with E-state index in [0.29, 0.717) is 0 Å². The van der Waals surface area contributed by atoms with Crippen LogP contribution in [0.5, 0.6) is 0 Å². The van der Waals surface area contributed by atoms with E-state index in [1.54, 1.807) is 6.92 Å². The molecule has 6 nitrogen and oxygen atoms in total. The summed E-state index contributed by atoms with van der Waals surface area (Å²) in [4.78, 5) is 11.1. The van der Waals surface area contributed by atoms with Crippen molar-refractivity contribution >= 4 is 5.97 Å². The van der Waals surface area contributed by atoms with Crippen LogP contribution in [-0.2, 0) is 25.6 Å². The number of aliphatic hydroxyl groups is 2. The number of hydrogen-bond donors (Lipinski definition) is 2. The summed E-state index contributed by atoms with van der Waals surface area (Å²) in [7, 11) is 0. The molecule has 1 aromatic carbocycles. The fourth-order valence-electron chi connectivity index (χ4n) is 2.28. The molecule has 5 atom stereocenters. The molecule has 0 bridgehead atoms. The molecular formula is C15H20O6. The van der Waals surface area contributed by atoms with Gasteiger partial charge in [0, 0.05) is 6.92 Å². The number of carbonyl (C=O) groups excluding carboxylic acids is 1. The first kappa shape index (κ1) is 15.9. The molecule has 1 saturated heterocycles. The number of aliphatic hydroxyl groups excluding tert-OH is 2. The maximum Gasteiger partial charge on any atom is 0.303 e. The minimum atomic E-state index is -1.33. The van der Waals surface area contributed by atoms with Crippen LogP contribution in [0.2, 0.25) is 0 Å². The topological polar surface area (TPSA) is 85.2 Å². The second-order valence-corrected chi connectivity index (χ2v) is 5.06. The Balaban J connectivity index is 2.08. The lowest BCUT2D eigenvalue weighted by Crippen LogP contribution is -2.58. The molecule has 6 heteroatoms. The van der Waals surface area contributed by atoms with Gasteiger partial charge in [0.1, 0.15) is 12.2 Å². The van der Waals surface area contributed by atoms with E-state index in [0.717, 1.165) is 5.56 Å². The Morgan fingerprint density at radius 1 is 1.24 bits per heavy atom. The molecule has 0 unspecified atom stereocenters. The quantitative estimate of drug-likeness (QED) is 0.792. The average Bonchev–Trinajstić information content (AvgIpc) is 2.45. The van der Waals surface area contributed by atoms with E-state index in [2.05, 4.69) is 0 Å². The molecule has 1 heterocycles. The molecule has 0 aromatic heterocycles. The van der Waals surface area contributed by atoms with Crippen LogP contribution in [0.3, 0.4) is 0 Å². The van der Waals surface area contributed by atoms with Gasteiger partial charge in [0.05, 0.1) is 12.7 Å². The van der Waals surface area contributed by atoms with Gasteiger partial charge < -0.3 is 24.4 Å². The zero-order chi connectivity index (χ0) is 15.4. The van der Waals surface area contributed by atoms with E-state index in [1.807, 2.05) is 30.3 Å². The van der Waals surface area contributed by atoms with Crippen LogP contribution in [0.1, 0.15) is 19.4 Å². The van der Waals surface area contributed by atoms with E-state index in [1.165, 1.54) is 6.92 Å². The fraction of sp³-hybridized carbons (Fsp3) is 0.533. The van der Waals surface area contributed by atoms with E-state index >= 15 is 0 Å². The molecule has 21 heavy (non-hydrogen) atoms. The average molecular weight is 296 g/mol. The molecule has 1 fully saturated rings. The Morgan fingerprint density at radius 2 is 1.90 bits per heavy atom. The molecule has 1 aliphatic heterocycles. The van der Waals surface area contributed by atoms with Crippen LogP contribution in [0.25, 0.3) is 0 Å². The molecule has 0 spiro atoms. The normalized spacial score (nSPS) is 32.7. The van der Waals surface area contributed by atoms with Crippen molar-refractivity contribution < 1.29 is 29.2 Å². The van der Waals surface area contributed by atoms with Crippen LogP contribution >= 0.6 is 0 Å². The highest BCUT2D eigenvalue weighted by atomic mass is 16.7. The van der Waals surface area contributed by atoms with Crippen molar-refractivity contribution in [2.45, 2.75) is 51.2 Å². The molecule has 0 radical (unpaired) electrons. The summed E-state index contributed by atoms with van der Waals surface area (Å²) in [5.74, 6) is -0.572. The first-order valence-electron chi connectivity index (χ1n) is 6.83. The Morgan fingerprint density at radius 3 is 2.52 bits per heavy atom. The van der Waals surface area contributed by atoms with Gasteiger partial charge in [-0.05, 0) is 12.5 Å². The van der Waals surface area contributed by atoms with E-state index in [9.17, 15) is 15.0 Å². The number of hydrogen-bond acceptors (Lipinski definition) is 6.